The SMILES string of the molecule is COc1ccc(CCNC(=O)C(=O)Nn2c(C(=O)Nc3ccc(Br)c(C)c3)cc3cc(Cl)ccc32)cc1OC. The Morgan fingerprint density at radius 2 is 1.69 bits per heavy atom. The van der Waals surface area contributed by atoms with Crippen LogP contribution in [0.2, 0.25) is 5.02 Å². The Kier molecular flexibility index (Phi) is 8.78. The minimum Gasteiger partial charge on any atom is -0.493 e. The Morgan fingerprint density at radius 3 is 2.41 bits per heavy atom. The molecule has 3 aromatic carbocycles. The number of carbonyl (C=O) groups excluding carboxylic acids is 3. The van der Waals surface area contributed by atoms with Crippen molar-refractivity contribution in [2.45, 2.75) is 13.3 Å². The second-order valence-electron chi connectivity index (χ2n) is 8.62. The van der Waals surface area contributed by atoms with Crippen LogP contribution < -0.4 is 25.5 Å². The fraction of sp³-hybridized carbons (Fsp3) is 0.179. The number of halogens is 2. The van der Waals surface area contributed by atoms with Crippen molar-refractivity contribution in [1.29, 1.82) is 0 Å². The van der Waals surface area contributed by atoms with Gasteiger partial charge in [0.05, 0.1) is 19.7 Å². The molecule has 0 fully saturated rings. The summed E-state index contributed by atoms with van der Waals surface area (Å²) in [7, 11) is 3.09. The van der Waals surface area contributed by atoms with Crippen molar-refractivity contribution >= 4 is 61.8 Å². The summed E-state index contributed by atoms with van der Waals surface area (Å²) in [6, 6.07) is 17.4. The quantitative estimate of drug-likeness (QED) is 0.241. The molecular formula is C28H26BrClN4O5. The molecule has 0 spiro atoms. The van der Waals surface area contributed by atoms with Crippen LogP contribution in [0, 0.1) is 6.92 Å². The molecule has 0 aliphatic rings. The Hall–Kier alpha value is -4.02. The maximum Gasteiger partial charge on any atom is 0.328 e. The molecule has 39 heavy (non-hydrogen) atoms. The van der Waals surface area contributed by atoms with E-state index in [0.717, 1.165) is 15.6 Å². The molecule has 0 unspecified atom stereocenters. The van der Waals surface area contributed by atoms with Crippen LogP contribution in [0.25, 0.3) is 10.9 Å². The molecule has 0 saturated carbocycles. The smallest absolute Gasteiger partial charge is 0.328 e. The molecule has 9 nitrogen and oxygen atoms in total. The van der Waals surface area contributed by atoms with E-state index < -0.39 is 17.7 Å². The number of hydrogen-bond acceptors (Lipinski definition) is 5. The summed E-state index contributed by atoms with van der Waals surface area (Å²) in [6.45, 7) is 2.11. The predicted molar refractivity (Wildman–Crippen MR) is 154 cm³/mol. The van der Waals surface area contributed by atoms with Crippen LogP contribution in [0.4, 0.5) is 5.69 Å². The molecule has 202 valence electrons. The number of hydrogen-bond donors (Lipinski definition) is 3. The van der Waals surface area contributed by atoms with E-state index >= 15 is 0 Å². The third-order valence-corrected chi connectivity index (χ3v) is 7.10. The zero-order chi connectivity index (χ0) is 28.1. The number of amides is 3. The van der Waals surface area contributed by atoms with Gasteiger partial charge in [0.1, 0.15) is 5.69 Å². The van der Waals surface area contributed by atoms with E-state index in [2.05, 4.69) is 32.0 Å². The lowest BCUT2D eigenvalue weighted by Gasteiger charge is -2.13. The number of aryl methyl sites for hydroxylation is 1. The van der Waals surface area contributed by atoms with Crippen LogP contribution in [-0.2, 0) is 16.0 Å². The third-order valence-electron chi connectivity index (χ3n) is 5.98. The number of aromatic nitrogens is 1. The monoisotopic (exact) mass is 612 g/mol. The second kappa shape index (κ2) is 12.2. The average Bonchev–Trinajstić information content (AvgIpc) is 3.27. The molecule has 0 saturated heterocycles. The van der Waals surface area contributed by atoms with E-state index in [1.54, 1.807) is 56.7 Å². The van der Waals surface area contributed by atoms with Crippen molar-refractivity contribution in [3.05, 3.63) is 87.0 Å². The first-order valence-corrected chi connectivity index (χ1v) is 13.1. The highest BCUT2D eigenvalue weighted by Gasteiger charge is 2.21. The molecule has 3 amide bonds. The molecular weight excluding hydrogens is 588 g/mol. The largest absolute Gasteiger partial charge is 0.493 e. The van der Waals surface area contributed by atoms with Crippen molar-refractivity contribution in [3.63, 3.8) is 0 Å². The number of fused-ring (bicyclic) bond motifs is 1. The maximum atomic E-state index is 13.2. The lowest BCUT2D eigenvalue weighted by molar-refractivity contribution is -0.136. The number of rotatable bonds is 8. The minimum absolute atomic E-state index is 0.124. The van der Waals surface area contributed by atoms with Gasteiger partial charge in [0.25, 0.3) is 5.91 Å². The number of benzene rings is 3. The number of carbonyl (C=O) groups is 3. The topological polar surface area (TPSA) is 111 Å². The van der Waals surface area contributed by atoms with Gasteiger partial charge in [0.2, 0.25) is 0 Å². The molecule has 0 atom stereocenters. The van der Waals surface area contributed by atoms with Crippen molar-refractivity contribution in [2.75, 3.05) is 31.5 Å². The van der Waals surface area contributed by atoms with Gasteiger partial charge >= 0.3 is 11.8 Å². The van der Waals surface area contributed by atoms with Gasteiger partial charge < -0.3 is 20.1 Å². The molecule has 0 aliphatic heterocycles. The van der Waals surface area contributed by atoms with Crippen molar-refractivity contribution < 1.29 is 23.9 Å². The predicted octanol–water partition coefficient (Wildman–Crippen LogP) is 5.06. The Bertz CT molecular complexity index is 1570. The number of nitrogens with one attached hydrogen (secondary N) is 3. The first-order chi connectivity index (χ1) is 18.7. The normalized spacial score (nSPS) is 10.7. The fourth-order valence-corrected chi connectivity index (χ4v) is 4.41. The number of anilines is 1. The minimum atomic E-state index is -0.928. The summed E-state index contributed by atoms with van der Waals surface area (Å²) >= 11 is 9.58. The van der Waals surface area contributed by atoms with Gasteiger partial charge in [0.15, 0.2) is 11.5 Å². The number of methoxy groups -OCH3 is 2. The molecule has 4 aromatic rings. The highest BCUT2D eigenvalue weighted by atomic mass is 79.9. The van der Waals surface area contributed by atoms with Gasteiger partial charge in [-0.3, -0.25) is 19.8 Å². The molecule has 4 rings (SSSR count). The molecule has 11 heteroatoms. The highest BCUT2D eigenvalue weighted by Crippen LogP contribution is 2.28. The Morgan fingerprint density at radius 1 is 0.923 bits per heavy atom. The van der Waals surface area contributed by atoms with Crippen LogP contribution in [0.3, 0.4) is 0 Å². The van der Waals surface area contributed by atoms with Crippen molar-refractivity contribution in [3.8, 4) is 11.5 Å². The molecule has 0 aliphatic carbocycles. The maximum absolute atomic E-state index is 13.2. The van der Waals surface area contributed by atoms with Crippen LogP contribution in [0.5, 0.6) is 11.5 Å². The van der Waals surface area contributed by atoms with Gasteiger partial charge in [0, 0.05) is 27.1 Å². The van der Waals surface area contributed by atoms with Gasteiger partial charge in [-0.15, -0.1) is 0 Å². The lowest BCUT2D eigenvalue weighted by atomic mass is 10.1. The van der Waals surface area contributed by atoms with E-state index in [0.29, 0.717) is 39.5 Å². The third kappa shape index (κ3) is 6.52. The number of ether oxygens (including phenoxy) is 2. The zero-order valence-electron chi connectivity index (χ0n) is 21.4. The zero-order valence-corrected chi connectivity index (χ0v) is 23.8. The van der Waals surface area contributed by atoms with Crippen molar-refractivity contribution in [2.24, 2.45) is 0 Å². The van der Waals surface area contributed by atoms with E-state index in [9.17, 15) is 14.4 Å². The second-order valence-corrected chi connectivity index (χ2v) is 9.91. The standard InChI is InChI=1S/C28H26BrClN4O5/c1-16-12-20(6-7-21(16)29)32-26(35)23-15-18-14-19(30)5-8-22(18)34(23)33-28(37)27(36)31-11-10-17-4-9-24(38-2)25(13-17)39-3/h4-9,12-15H,10-11H2,1-3H3,(H,31,36)(H,32,35)(H,33,37). The fourth-order valence-electron chi connectivity index (χ4n) is 3.98. The average molecular weight is 614 g/mol. The molecule has 3 N–H and O–H groups in total. The Labute approximate surface area is 238 Å². The lowest BCUT2D eigenvalue weighted by Crippen LogP contribution is -2.40. The first kappa shape index (κ1) is 28.0. The van der Waals surface area contributed by atoms with E-state index in [4.69, 9.17) is 21.1 Å². The summed E-state index contributed by atoms with van der Waals surface area (Å²) in [4.78, 5) is 38.6. The van der Waals surface area contributed by atoms with Gasteiger partial charge in [-0.25, -0.2) is 4.68 Å². The molecule has 1 aromatic heterocycles. The summed E-state index contributed by atoms with van der Waals surface area (Å²) < 4.78 is 12.7. The number of nitrogens with zero attached hydrogens (tertiary/aromatic N) is 1. The van der Waals surface area contributed by atoms with Crippen LogP contribution in [0.15, 0.2) is 65.1 Å². The Balaban J connectivity index is 1.48. The van der Waals surface area contributed by atoms with Crippen LogP contribution in [-0.4, -0.2) is 43.2 Å². The highest BCUT2D eigenvalue weighted by molar-refractivity contribution is 9.10. The van der Waals surface area contributed by atoms with Gasteiger partial charge in [-0.2, -0.15) is 0 Å². The van der Waals surface area contributed by atoms with Gasteiger partial charge in [-0.1, -0.05) is 33.6 Å². The van der Waals surface area contributed by atoms with Crippen molar-refractivity contribution in [1.82, 2.24) is 9.99 Å². The van der Waals surface area contributed by atoms with Gasteiger partial charge in [-0.05, 0) is 79.1 Å². The van der Waals surface area contributed by atoms with E-state index in [-0.39, 0.29) is 12.2 Å². The summed E-state index contributed by atoms with van der Waals surface area (Å²) in [5, 5.41) is 6.52. The van der Waals surface area contributed by atoms with Crippen LogP contribution in [0.1, 0.15) is 21.6 Å². The summed E-state index contributed by atoms with van der Waals surface area (Å²) in [6.07, 6.45) is 0.463. The molecule has 0 bridgehead atoms. The summed E-state index contributed by atoms with van der Waals surface area (Å²) in [5.41, 5.74) is 5.58. The molecule has 0 radical (unpaired) electrons. The van der Waals surface area contributed by atoms with Crippen LogP contribution >= 0.6 is 27.5 Å². The van der Waals surface area contributed by atoms with E-state index in [1.165, 1.54) is 4.68 Å². The summed E-state index contributed by atoms with van der Waals surface area (Å²) in [5.74, 6) is -1.08. The van der Waals surface area contributed by atoms with E-state index in [1.807, 2.05) is 25.1 Å². The molecule has 1 heterocycles. The first-order valence-electron chi connectivity index (χ1n) is 11.9.